The van der Waals surface area contributed by atoms with E-state index < -0.39 is 0 Å². The zero-order chi connectivity index (χ0) is 23.3. The van der Waals surface area contributed by atoms with Crippen LogP contribution in [0.2, 0.25) is 0 Å². The van der Waals surface area contributed by atoms with Gasteiger partial charge in [0.05, 0.1) is 11.8 Å². The quantitative estimate of drug-likeness (QED) is 0.437. The number of carbonyl (C=O) groups excluding carboxylic acids is 2. The summed E-state index contributed by atoms with van der Waals surface area (Å²) in [5.41, 5.74) is 1.43. The van der Waals surface area contributed by atoms with Crippen LogP contribution in [-0.2, 0) is 4.79 Å². The van der Waals surface area contributed by atoms with E-state index in [1.54, 1.807) is 34.1 Å². The van der Waals surface area contributed by atoms with Crippen molar-refractivity contribution < 1.29 is 23.2 Å². The van der Waals surface area contributed by atoms with Gasteiger partial charge in [-0.25, -0.2) is 0 Å². The smallest absolute Gasteiger partial charge is 0.289 e. The van der Waals surface area contributed by atoms with Crippen molar-refractivity contribution in [3.8, 4) is 28.7 Å². The number of nitrogens with zero attached hydrogens (tertiary/aromatic N) is 4. The van der Waals surface area contributed by atoms with Crippen LogP contribution in [0.3, 0.4) is 0 Å². The molecule has 0 bridgehead atoms. The molecule has 2 amide bonds. The Balaban J connectivity index is 1.20. The molecule has 0 N–H and O–H groups in total. The maximum absolute atomic E-state index is 12.7. The minimum absolute atomic E-state index is 0.136. The summed E-state index contributed by atoms with van der Waals surface area (Å²) in [6.07, 6.45) is 1.47. The number of para-hydroxylation sites is 1. The molecule has 4 aromatic rings. The summed E-state index contributed by atoms with van der Waals surface area (Å²) in [7, 11) is 0. The Morgan fingerprint density at radius 1 is 0.824 bits per heavy atom. The number of carbonyl (C=O) groups is 2. The summed E-state index contributed by atoms with van der Waals surface area (Å²) in [4.78, 5) is 28.5. The first-order valence-electron chi connectivity index (χ1n) is 10.9. The van der Waals surface area contributed by atoms with Crippen molar-refractivity contribution in [3.63, 3.8) is 0 Å². The summed E-state index contributed by atoms with van der Waals surface area (Å²) in [6.45, 7) is 1.60. The molecule has 34 heavy (non-hydrogen) atoms. The highest BCUT2D eigenvalue weighted by atomic mass is 16.5. The molecule has 2 aromatic heterocycles. The fraction of sp³-hybridized carbons (Fsp3) is 0.200. The van der Waals surface area contributed by atoms with Crippen LogP contribution >= 0.6 is 0 Å². The highest BCUT2D eigenvalue weighted by molar-refractivity contribution is 5.91. The molecule has 1 aliphatic heterocycles. The summed E-state index contributed by atoms with van der Waals surface area (Å²) in [6, 6.07) is 20.0. The Morgan fingerprint density at radius 2 is 1.53 bits per heavy atom. The van der Waals surface area contributed by atoms with Crippen LogP contribution in [0, 0.1) is 0 Å². The van der Waals surface area contributed by atoms with E-state index in [1.165, 1.54) is 6.26 Å². The van der Waals surface area contributed by atoms with E-state index in [2.05, 4.69) is 10.2 Å². The molecule has 172 valence electrons. The van der Waals surface area contributed by atoms with Crippen LogP contribution in [0.4, 0.5) is 0 Å². The summed E-state index contributed by atoms with van der Waals surface area (Å²) in [5, 5.41) is 8.28. The zero-order valence-electron chi connectivity index (χ0n) is 18.3. The van der Waals surface area contributed by atoms with Gasteiger partial charge >= 0.3 is 0 Å². The van der Waals surface area contributed by atoms with Gasteiger partial charge in [-0.3, -0.25) is 9.59 Å². The number of rotatable bonds is 6. The second-order valence-corrected chi connectivity index (χ2v) is 7.71. The van der Waals surface area contributed by atoms with E-state index in [0.717, 1.165) is 5.56 Å². The number of aromatic nitrogens is 2. The van der Waals surface area contributed by atoms with Crippen LogP contribution in [0.1, 0.15) is 10.6 Å². The second kappa shape index (κ2) is 9.62. The van der Waals surface area contributed by atoms with Gasteiger partial charge < -0.3 is 23.4 Å². The van der Waals surface area contributed by atoms with Crippen LogP contribution in [0.15, 0.2) is 81.8 Å². The van der Waals surface area contributed by atoms with Gasteiger partial charge in [0.1, 0.15) is 5.75 Å². The second-order valence-electron chi connectivity index (χ2n) is 7.71. The number of ether oxygens (including phenoxy) is 1. The predicted molar refractivity (Wildman–Crippen MR) is 122 cm³/mol. The molecule has 0 atom stereocenters. The molecule has 2 aromatic carbocycles. The van der Waals surface area contributed by atoms with Crippen LogP contribution in [0.25, 0.3) is 22.9 Å². The van der Waals surface area contributed by atoms with Crippen molar-refractivity contribution in [2.24, 2.45) is 0 Å². The molecule has 1 fully saturated rings. The van der Waals surface area contributed by atoms with Gasteiger partial charge in [-0.2, -0.15) is 0 Å². The van der Waals surface area contributed by atoms with Gasteiger partial charge in [0.15, 0.2) is 12.4 Å². The number of piperazine rings is 1. The van der Waals surface area contributed by atoms with Crippen LogP contribution < -0.4 is 4.74 Å². The van der Waals surface area contributed by atoms with Gasteiger partial charge in [-0.15, -0.1) is 10.2 Å². The Kier molecular flexibility index (Phi) is 6.07. The summed E-state index contributed by atoms with van der Waals surface area (Å²) >= 11 is 0. The third-order valence-electron chi connectivity index (χ3n) is 5.57. The fourth-order valence-corrected chi connectivity index (χ4v) is 3.74. The van der Waals surface area contributed by atoms with Crippen molar-refractivity contribution in [2.45, 2.75) is 0 Å². The van der Waals surface area contributed by atoms with Crippen molar-refractivity contribution >= 4 is 11.8 Å². The van der Waals surface area contributed by atoms with Crippen molar-refractivity contribution in [2.75, 3.05) is 32.8 Å². The zero-order valence-corrected chi connectivity index (χ0v) is 18.3. The van der Waals surface area contributed by atoms with E-state index in [4.69, 9.17) is 13.6 Å². The summed E-state index contributed by atoms with van der Waals surface area (Å²) < 4.78 is 16.9. The number of hydrogen-bond acceptors (Lipinski definition) is 7. The molecule has 0 spiro atoms. The first kappa shape index (κ1) is 21.4. The molecular formula is C25H22N4O5. The Hall–Kier alpha value is -4.40. The van der Waals surface area contributed by atoms with E-state index in [-0.39, 0.29) is 18.4 Å². The predicted octanol–water partition coefficient (Wildman–Crippen LogP) is 3.36. The number of hydrogen-bond donors (Lipinski definition) is 0. The molecule has 0 saturated carbocycles. The molecule has 9 nitrogen and oxygen atoms in total. The summed E-state index contributed by atoms with van der Waals surface area (Å²) in [5.74, 6) is 1.17. The molecule has 3 heterocycles. The molecule has 0 aliphatic carbocycles. The minimum Gasteiger partial charge on any atom is -0.483 e. The van der Waals surface area contributed by atoms with Gasteiger partial charge in [0.2, 0.25) is 5.89 Å². The lowest BCUT2D eigenvalue weighted by Crippen LogP contribution is -2.51. The minimum atomic E-state index is -0.170. The lowest BCUT2D eigenvalue weighted by molar-refractivity contribution is -0.134. The van der Waals surface area contributed by atoms with Crippen molar-refractivity contribution in [1.29, 1.82) is 0 Å². The van der Waals surface area contributed by atoms with Crippen LogP contribution in [-0.4, -0.2) is 64.6 Å². The van der Waals surface area contributed by atoms with E-state index in [1.807, 2.05) is 42.5 Å². The number of amides is 2. The van der Waals surface area contributed by atoms with E-state index in [9.17, 15) is 9.59 Å². The number of benzene rings is 2. The van der Waals surface area contributed by atoms with Crippen molar-refractivity contribution in [3.05, 3.63) is 78.8 Å². The maximum atomic E-state index is 12.7. The largest absolute Gasteiger partial charge is 0.483 e. The van der Waals surface area contributed by atoms with Gasteiger partial charge in [-0.1, -0.05) is 30.3 Å². The maximum Gasteiger partial charge on any atom is 0.289 e. The van der Waals surface area contributed by atoms with Crippen LogP contribution in [0.5, 0.6) is 5.75 Å². The van der Waals surface area contributed by atoms with Crippen molar-refractivity contribution in [1.82, 2.24) is 20.0 Å². The molecule has 5 rings (SSSR count). The standard InChI is InChI=1S/C25H22N4O5/c30-22(28-12-14-29(15-13-28)25(31)21-11-6-16-32-21)17-33-20-10-5-4-9-19(20)24-27-26-23(34-24)18-7-2-1-3-8-18/h1-11,16H,12-15,17H2. The average Bonchev–Trinajstić information content (AvgIpc) is 3.61. The monoisotopic (exact) mass is 458 g/mol. The lowest BCUT2D eigenvalue weighted by atomic mass is 10.2. The van der Waals surface area contributed by atoms with Gasteiger partial charge in [0, 0.05) is 31.7 Å². The SMILES string of the molecule is O=C(COc1ccccc1-c1nnc(-c2ccccc2)o1)N1CCN(C(=O)c2ccco2)CC1. The molecule has 1 aliphatic rings. The molecule has 9 heteroatoms. The Bertz CT molecular complexity index is 1260. The topological polar surface area (TPSA) is 102 Å². The molecular weight excluding hydrogens is 436 g/mol. The molecule has 1 saturated heterocycles. The van der Waals surface area contributed by atoms with E-state index in [0.29, 0.717) is 55.0 Å². The molecule has 0 radical (unpaired) electrons. The third-order valence-corrected chi connectivity index (χ3v) is 5.57. The third kappa shape index (κ3) is 4.54. The molecule has 0 unspecified atom stereocenters. The highest BCUT2D eigenvalue weighted by Crippen LogP contribution is 2.31. The first-order valence-corrected chi connectivity index (χ1v) is 10.9. The fourth-order valence-electron chi connectivity index (χ4n) is 3.74. The van der Waals surface area contributed by atoms with Gasteiger partial charge in [-0.05, 0) is 36.4 Å². The first-order chi connectivity index (χ1) is 16.7. The highest BCUT2D eigenvalue weighted by Gasteiger charge is 2.26. The Morgan fingerprint density at radius 3 is 2.29 bits per heavy atom. The normalized spacial score (nSPS) is 13.6. The Labute approximate surface area is 195 Å². The lowest BCUT2D eigenvalue weighted by Gasteiger charge is -2.34. The van der Waals surface area contributed by atoms with E-state index >= 15 is 0 Å². The van der Waals surface area contributed by atoms with Gasteiger partial charge in [0.25, 0.3) is 17.7 Å². The average molecular weight is 458 g/mol. The number of furan rings is 1.